The van der Waals surface area contributed by atoms with Crippen LogP contribution in [0, 0.1) is 10.8 Å². The van der Waals surface area contributed by atoms with Gasteiger partial charge in [0.15, 0.2) is 0 Å². The lowest BCUT2D eigenvalue weighted by Crippen LogP contribution is -2.37. The maximum atomic E-state index is 6.12. The number of hydrogen-bond donors (Lipinski definition) is 1. The van der Waals surface area contributed by atoms with E-state index in [-0.39, 0.29) is 0 Å². The molecule has 0 bridgehead atoms. The molecule has 1 nitrogen and oxygen atoms in total. The molecule has 1 rings (SSSR count). The van der Waals surface area contributed by atoms with Gasteiger partial charge in [-0.2, -0.15) is 0 Å². The molecule has 0 aliphatic heterocycles. The lowest BCUT2D eigenvalue weighted by Gasteiger charge is -2.43. The van der Waals surface area contributed by atoms with Gasteiger partial charge in [0, 0.05) is 0 Å². The average Bonchev–Trinajstić information content (AvgIpc) is 2.44. The van der Waals surface area contributed by atoms with Gasteiger partial charge in [-0.15, -0.1) is 0 Å². The average molecular weight is 282 g/mol. The van der Waals surface area contributed by atoms with E-state index in [0.717, 1.165) is 6.54 Å². The third-order valence-corrected chi connectivity index (χ3v) is 5.66. The van der Waals surface area contributed by atoms with Crippen LogP contribution in [-0.2, 0) is 0 Å². The van der Waals surface area contributed by atoms with Crippen LogP contribution in [0.1, 0.15) is 104 Å². The van der Waals surface area contributed by atoms with Crippen molar-refractivity contribution in [3.05, 3.63) is 0 Å². The van der Waals surface area contributed by atoms with Crippen LogP contribution in [0.5, 0.6) is 0 Å². The van der Waals surface area contributed by atoms with Gasteiger partial charge < -0.3 is 5.73 Å². The van der Waals surface area contributed by atoms with Crippen molar-refractivity contribution in [3.8, 4) is 0 Å². The topological polar surface area (TPSA) is 26.0 Å². The minimum Gasteiger partial charge on any atom is -0.330 e. The molecule has 0 aromatic carbocycles. The molecule has 1 aliphatic carbocycles. The molecule has 0 unspecified atom stereocenters. The third kappa shape index (κ3) is 6.61. The molecule has 1 aliphatic rings. The summed E-state index contributed by atoms with van der Waals surface area (Å²) >= 11 is 0. The van der Waals surface area contributed by atoms with Gasteiger partial charge in [-0.25, -0.2) is 0 Å². The Bertz CT molecular complexity index is 234. The monoisotopic (exact) mass is 281 g/mol. The smallest absolute Gasteiger partial charge is 0.00205 e. The second kappa shape index (κ2) is 9.07. The summed E-state index contributed by atoms with van der Waals surface area (Å²) < 4.78 is 0. The zero-order valence-corrected chi connectivity index (χ0v) is 14.5. The Kier molecular flexibility index (Phi) is 8.17. The van der Waals surface area contributed by atoms with Crippen molar-refractivity contribution < 1.29 is 0 Å². The Morgan fingerprint density at radius 2 is 1.25 bits per heavy atom. The summed E-state index contributed by atoms with van der Waals surface area (Å²) in [4.78, 5) is 0. The molecule has 120 valence electrons. The van der Waals surface area contributed by atoms with Crippen molar-refractivity contribution >= 4 is 0 Å². The van der Waals surface area contributed by atoms with Crippen LogP contribution in [0.3, 0.4) is 0 Å². The molecular weight excluding hydrogens is 242 g/mol. The van der Waals surface area contributed by atoms with Crippen LogP contribution < -0.4 is 5.73 Å². The van der Waals surface area contributed by atoms with Gasteiger partial charge in [0.25, 0.3) is 0 Å². The summed E-state index contributed by atoms with van der Waals surface area (Å²) in [5.74, 6) is 0. The normalized spacial score (nSPS) is 21.0. The van der Waals surface area contributed by atoms with E-state index in [2.05, 4.69) is 20.8 Å². The van der Waals surface area contributed by atoms with Gasteiger partial charge in [-0.1, -0.05) is 72.1 Å². The van der Waals surface area contributed by atoms with Gasteiger partial charge in [-0.3, -0.25) is 0 Å². The van der Waals surface area contributed by atoms with Crippen molar-refractivity contribution in [1.82, 2.24) is 0 Å². The van der Waals surface area contributed by atoms with Crippen LogP contribution in [0.4, 0.5) is 0 Å². The fourth-order valence-corrected chi connectivity index (χ4v) is 3.65. The number of rotatable bonds is 10. The Morgan fingerprint density at radius 3 is 1.75 bits per heavy atom. The van der Waals surface area contributed by atoms with E-state index in [1.54, 1.807) is 0 Å². The summed E-state index contributed by atoms with van der Waals surface area (Å²) in [6.07, 6.45) is 18.3. The predicted molar refractivity (Wildman–Crippen MR) is 91.0 cm³/mol. The minimum absolute atomic E-state index is 0.498. The zero-order chi connectivity index (χ0) is 14.9. The lowest BCUT2D eigenvalue weighted by molar-refractivity contribution is 0.0966. The van der Waals surface area contributed by atoms with E-state index in [9.17, 15) is 0 Å². The van der Waals surface area contributed by atoms with E-state index in [0.29, 0.717) is 10.8 Å². The first-order chi connectivity index (χ1) is 9.54. The predicted octanol–water partition coefficient (Wildman–Crippen LogP) is 6.06. The standard InChI is InChI=1S/C19H39N/c1-4-5-6-7-8-9-10-11-12-19(17-20)15-13-18(2,3)14-16-19/h4-17,20H2,1-3H3. The highest BCUT2D eigenvalue weighted by molar-refractivity contribution is 4.89. The molecule has 0 spiro atoms. The SMILES string of the molecule is CCCCCCCCCCC1(CN)CCC(C)(C)CC1. The molecule has 1 fully saturated rings. The molecule has 0 heterocycles. The largest absolute Gasteiger partial charge is 0.330 e. The maximum absolute atomic E-state index is 6.12. The van der Waals surface area contributed by atoms with Crippen molar-refractivity contribution in [2.24, 2.45) is 16.6 Å². The molecular formula is C19H39N. The first-order valence-corrected chi connectivity index (χ1v) is 9.24. The molecule has 1 heteroatoms. The van der Waals surface area contributed by atoms with Crippen molar-refractivity contribution in [2.45, 2.75) is 104 Å². The lowest BCUT2D eigenvalue weighted by atomic mass is 9.63. The number of nitrogens with two attached hydrogens (primary N) is 1. The number of hydrogen-bond acceptors (Lipinski definition) is 1. The summed E-state index contributed by atoms with van der Waals surface area (Å²) in [5, 5.41) is 0. The Hall–Kier alpha value is -0.0400. The van der Waals surface area contributed by atoms with E-state index in [1.807, 2.05) is 0 Å². The van der Waals surface area contributed by atoms with Crippen LogP contribution in [0.15, 0.2) is 0 Å². The fraction of sp³-hybridized carbons (Fsp3) is 1.00. The summed E-state index contributed by atoms with van der Waals surface area (Å²) in [6, 6.07) is 0. The van der Waals surface area contributed by atoms with Gasteiger partial charge in [-0.05, 0) is 49.5 Å². The maximum Gasteiger partial charge on any atom is -0.00205 e. The molecule has 0 aromatic heterocycles. The van der Waals surface area contributed by atoms with Crippen molar-refractivity contribution in [2.75, 3.05) is 6.54 Å². The van der Waals surface area contributed by atoms with Gasteiger partial charge in [0.05, 0.1) is 0 Å². The van der Waals surface area contributed by atoms with Crippen molar-refractivity contribution in [1.29, 1.82) is 0 Å². The van der Waals surface area contributed by atoms with E-state index < -0.39 is 0 Å². The van der Waals surface area contributed by atoms with Crippen LogP contribution in [0.25, 0.3) is 0 Å². The molecule has 20 heavy (non-hydrogen) atoms. The highest BCUT2D eigenvalue weighted by atomic mass is 14.6. The van der Waals surface area contributed by atoms with Gasteiger partial charge in [0.1, 0.15) is 0 Å². The van der Waals surface area contributed by atoms with Crippen LogP contribution in [0.2, 0.25) is 0 Å². The van der Waals surface area contributed by atoms with Crippen LogP contribution in [-0.4, -0.2) is 6.54 Å². The summed E-state index contributed by atoms with van der Waals surface area (Å²) in [6.45, 7) is 8.05. The van der Waals surface area contributed by atoms with Gasteiger partial charge >= 0.3 is 0 Å². The Morgan fingerprint density at radius 1 is 0.750 bits per heavy atom. The highest BCUT2D eigenvalue weighted by Crippen LogP contribution is 2.47. The molecule has 1 saturated carbocycles. The third-order valence-electron chi connectivity index (χ3n) is 5.66. The van der Waals surface area contributed by atoms with Crippen molar-refractivity contribution in [3.63, 3.8) is 0 Å². The molecule has 0 amide bonds. The summed E-state index contributed by atoms with van der Waals surface area (Å²) in [5.41, 5.74) is 7.19. The Labute approximate surface area is 128 Å². The molecule has 0 atom stereocenters. The van der Waals surface area contributed by atoms with Gasteiger partial charge in [0.2, 0.25) is 0 Å². The second-order valence-electron chi connectivity index (χ2n) is 8.09. The second-order valence-corrected chi connectivity index (χ2v) is 8.09. The molecule has 0 aromatic rings. The first-order valence-electron chi connectivity index (χ1n) is 9.24. The van der Waals surface area contributed by atoms with E-state index in [4.69, 9.17) is 5.73 Å². The molecule has 0 radical (unpaired) electrons. The highest BCUT2D eigenvalue weighted by Gasteiger charge is 2.36. The summed E-state index contributed by atoms with van der Waals surface area (Å²) in [7, 11) is 0. The fourth-order valence-electron chi connectivity index (χ4n) is 3.65. The zero-order valence-electron chi connectivity index (χ0n) is 14.5. The molecule has 2 N–H and O–H groups in total. The quantitative estimate of drug-likeness (QED) is 0.484. The van der Waals surface area contributed by atoms with Crippen LogP contribution >= 0.6 is 0 Å². The first kappa shape index (κ1) is 18.0. The minimum atomic E-state index is 0.498. The number of unbranched alkanes of at least 4 members (excludes halogenated alkanes) is 7. The molecule has 0 saturated heterocycles. The van der Waals surface area contributed by atoms with E-state index >= 15 is 0 Å². The van der Waals surface area contributed by atoms with E-state index in [1.165, 1.54) is 83.5 Å². The Balaban J connectivity index is 2.10.